The van der Waals surface area contributed by atoms with Gasteiger partial charge in [-0.1, -0.05) is 6.07 Å². The average molecular weight is 429 g/mol. The summed E-state index contributed by atoms with van der Waals surface area (Å²) < 4.78 is 45.6. The van der Waals surface area contributed by atoms with E-state index < -0.39 is 17.7 Å². The molecule has 1 amide bonds. The Morgan fingerprint density at radius 3 is 2.48 bits per heavy atom. The maximum absolute atomic E-state index is 13.0. The summed E-state index contributed by atoms with van der Waals surface area (Å²) in [5.41, 5.74) is 0.599. The third-order valence-corrected chi connectivity index (χ3v) is 5.08. The topological polar surface area (TPSA) is 64.4 Å². The third-order valence-electron chi connectivity index (χ3n) is 5.08. The Labute approximate surface area is 175 Å². The molecule has 0 spiro atoms. The molecule has 0 unspecified atom stereocenters. The van der Waals surface area contributed by atoms with E-state index in [0.29, 0.717) is 18.7 Å². The number of amides is 1. The number of esters is 1. The quantitative estimate of drug-likeness (QED) is 0.451. The second-order valence-corrected chi connectivity index (χ2v) is 7.14. The lowest BCUT2D eigenvalue weighted by Gasteiger charge is -2.15. The molecule has 1 aliphatic heterocycles. The third kappa shape index (κ3) is 4.16. The predicted molar refractivity (Wildman–Crippen MR) is 106 cm³/mol. The number of alkyl halides is 3. The van der Waals surface area contributed by atoms with Gasteiger partial charge < -0.3 is 9.64 Å². The van der Waals surface area contributed by atoms with E-state index in [0.717, 1.165) is 24.2 Å². The fourth-order valence-corrected chi connectivity index (χ4v) is 3.46. The molecule has 9 heteroatoms. The lowest BCUT2D eigenvalue weighted by molar-refractivity contribution is -0.137. The highest BCUT2D eigenvalue weighted by Crippen LogP contribution is 2.31. The number of anilines is 1. The van der Waals surface area contributed by atoms with Crippen LogP contribution in [-0.4, -0.2) is 28.2 Å². The summed E-state index contributed by atoms with van der Waals surface area (Å²) in [6.07, 6.45) is -1.89. The largest absolute Gasteiger partial charge is 0.423 e. The van der Waals surface area contributed by atoms with Crippen molar-refractivity contribution in [3.05, 3.63) is 71.5 Å². The van der Waals surface area contributed by atoms with Gasteiger partial charge in [-0.15, -0.1) is 0 Å². The summed E-state index contributed by atoms with van der Waals surface area (Å²) in [6, 6.07) is 11.3. The van der Waals surface area contributed by atoms with Crippen LogP contribution in [0.1, 0.15) is 34.5 Å². The van der Waals surface area contributed by atoms with Gasteiger partial charge in [0.05, 0.1) is 23.1 Å². The van der Waals surface area contributed by atoms with Crippen molar-refractivity contribution in [1.29, 1.82) is 0 Å². The number of carbonyl (C=O) groups is 2. The van der Waals surface area contributed by atoms with E-state index in [4.69, 9.17) is 4.74 Å². The number of rotatable bonds is 4. The molecule has 6 nitrogen and oxygen atoms in total. The molecule has 1 saturated heterocycles. The van der Waals surface area contributed by atoms with Gasteiger partial charge in [-0.05, 0) is 55.8 Å². The van der Waals surface area contributed by atoms with Crippen molar-refractivity contribution in [2.45, 2.75) is 25.9 Å². The zero-order valence-electron chi connectivity index (χ0n) is 16.5. The summed E-state index contributed by atoms with van der Waals surface area (Å²) in [5.74, 6) is -0.338. The van der Waals surface area contributed by atoms with E-state index >= 15 is 0 Å². The molecule has 1 fully saturated rings. The minimum Gasteiger partial charge on any atom is -0.423 e. The number of carbonyl (C=O) groups excluding carboxylic acids is 2. The van der Waals surface area contributed by atoms with Crippen LogP contribution in [0.3, 0.4) is 0 Å². The minimum atomic E-state index is -4.48. The molecule has 0 N–H and O–H groups in total. The maximum Gasteiger partial charge on any atom is 0.416 e. The molecule has 4 rings (SSSR count). The number of aromatic nitrogens is 2. The number of ether oxygens (including phenoxy) is 1. The van der Waals surface area contributed by atoms with Crippen LogP contribution in [0.15, 0.2) is 54.7 Å². The minimum absolute atomic E-state index is 0.0578. The summed E-state index contributed by atoms with van der Waals surface area (Å²) in [7, 11) is 0. The van der Waals surface area contributed by atoms with Crippen molar-refractivity contribution < 1.29 is 27.5 Å². The highest BCUT2D eigenvalue weighted by molar-refractivity contribution is 5.95. The Morgan fingerprint density at radius 2 is 1.84 bits per heavy atom. The molecule has 0 aliphatic carbocycles. The second-order valence-electron chi connectivity index (χ2n) is 7.14. The van der Waals surface area contributed by atoms with Crippen molar-refractivity contribution in [3.63, 3.8) is 0 Å². The van der Waals surface area contributed by atoms with E-state index in [1.165, 1.54) is 23.0 Å². The smallest absolute Gasteiger partial charge is 0.416 e. The number of benzene rings is 2. The molecule has 0 atom stereocenters. The van der Waals surface area contributed by atoms with Crippen molar-refractivity contribution in [2.75, 3.05) is 11.4 Å². The van der Waals surface area contributed by atoms with Gasteiger partial charge in [0.25, 0.3) is 0 Å². The van der Waals surface area contributed by atoms with E-state index in [1.807, 2.05) is 0 Å². The molecular weight excluding hydrogens is 411 g/mol. The van der Waals surface area contributed by atoms with Crippen molar-refractivity contribution in [3.8, 4) is 11.4 Å². The van der Waals surface area contributed by atoms with Gasteiger partial charge in [-0.2, -0.15) is 18.3 Å². The zero-order valence-corrected chi connectivity index (χ0v) is 16.5. The van der Waals surface area contributed by atoms with Crippen molar-refractivity contribution in [2.24, 2.45) is 0 Å². The molecular formula is C22H18F3N3O3. The van der Waals surface area contributed by atoms with Gasteiger partial charge in [-0.25, -0.2) is 9.48 Å². The van der Waals surface area contributed by atoms with Gasteiger partial charge in [0, 0.05) is 18.7 Å². The van der Waals surface area contributed by atoms with Crippen LogP contribution in [-0.2, 0) is 11.0 Å². The van der Waals surface area contributed by atoms with E-state index in [-0.39, 0.29) is 22.9 Å². The summed E-state index contributed by atoms with van der Waals surface area (Å²) in [6.45, 7) is 2.23. The average Bonchev–Trinajstić information content (AvgIpc) is 3.33. The molecule has 0 radical (unpaired) electrons. The first kappa shape index (κ1) is 20.6. The highest BCUT2D eigenvalue weighted by Gasteiger charge is 2.31. The van der Waals surface area contributed by atoms with E-state index in [9.17, 15) is 22.8 Å². The second kappa shape index (κ2) is 7.90. The summed E-state index contributed by atoms with van der Waals surface area (Å²) >= 11 is 0. The van der Waals surface area contributed by atoms with Crippen LogP contribution in [0, 0.1) is 6.92 Å². The number of nitrogens with zero attached hydrogens (tertiary/aromatic N) is 3. The van der Waals surface area contributed by atoms with Crippen LogP contribution in [0.4, 0.5) is 18.9 Å². The van der Waals surface area contributed by atoms with Crippen LogP contribution < -0.4 is 9.64 Å². The Morgan fingerprint density at radius 1 is 1.10 bits per heavy atom. The monoisotopic (exact) mass is 429 g/mol. The fourth-order valence-electron chi connectivity index (χ4n) is 3.46. The number of hydrogen-bond acceptors (Lipinski definition) is 4. The SMILES string of the molecule is Cc1c(C(=O)Oc2ccc(N3CCCC3=O)cc2)cnn1-c1cccc(C(F)(F)F)c1. The lowest BCUT2D eigenvalue weighted by Crippen LogP contribution is -2.23. The van der Waals surface area contributed by atoms with Crippen LogP contribution in [0.5, 0.6) is 5.75 Å². The molecule has 3 aromatic rings. The zero-order chi connectivity index (χ0) is 22.2. The molecule has 0 saturated carbocycles. The summed E-state index contributed by atoms with van der Waals surface area (Å²) in [5, 5.41) is 4.05. The van der Waals surface area contributed by atoms with Gasteiger partial charge in [0.2, 0.25) is 5.91 Å². The van der Waals surface area contributed by atoms with Crippen LogP contribution in [0.25, 0.3) is 5.69 Å². The van der Waals surface area contributed by atoms with Crippen LogP contribution >= 0.6 is 0 Å². The number of hydrogen-bond donors (Lipinski definition) is 0. The van der Waals surface area contributed by atoms with Crippen LogP contribution in [0.2, 0.25) is 0 Å². The van der Waals surface area contributed by atoms with Crippen molar-refractivity contribution in [1.82, 2.24) is 9.78 Å². The Hall–Kier alpha value is -3.62. The molecule has 1 aromatic heterocycles. The predicted octanol–water partition coefficient (Wildman–Crippen LogP) is 4.55. The normalized spacial score (nSPS) is 14.2. The number of halogens is 3. The molecule has 2 aromatic carbocycles. The Bertz CT molecular complexity index is 1140. The van der Waals surface area contributed by atoms with Gasteiger partial charge in [0.1, 0.15) is 11.3 Å². The molecule has 1 aliphatic rings. The molecule has 160 valence electrons. The molecule has 0 bridgehead atoms. The first-order chi connectivity index (χ1) is 14.7. The molecule has 2 heterocycles. The standard InChI is InChI=1S/C22H18F3N3O3/c1-14-19(13-26-28(14)17-5-2-4-15(12-17)22(23,24)25)21(30)31-18-9-7-16(8-10-18)27-11-3-6-20(27)29/h2,4-5,7-10,12-13H,3,6,11H2,1H3. The first-order valence-corrected chi connectivity index (χ1v) is 9.59. The lowest BCUT2D eigenvalue weighted by atomic mass is 10.2. The van der Waals surface area contributed by atoms with E-state index in [2.05, 4.69) is 5.10 Å². The first-order valence-electron chi connectivity index (χ1n) is 9.59. The summed E-state index contributed by atoms with van der Waals surface area (Å²) in [4.78, 5) is 26.1. The molecule has 31 heavy (non-hydrogen) atoms. The highest BCUT2D eigenvalue weighted by atomic mass is 19.4. The Kier molecular flexibility index (Phi) is 5.26. The van der Waals surface area contributed by atoms with E-state index in [1.54, 1.807) is 36.1 Å². The van der Waals surface area contributed by atoms with Crippen molar-refractivity contribution >= 4 is 17.6 Å². The van der Waals surface area contributed by atoms with Gasteiger partial charge >= 0.3 is 12.1 Å². The fraction of sp³-hybridized carbons (Fsp3) is 0.227. The Balaban J connectivity index is 1.52. The van der Waals surface area contributed by atoms with Gasteiger partial charge in [0.15, 0.2) is 0 Å². The maximum atomic E-state index is 13.0. The van der Waals surface area contributed by atoms with Gasteiger partial charge in [-0.3, -0.25) is 4.79 Å².